The van der Waals surface area contributed by atoms with Gasteiger partial charge < -0.3 is 4.74 Å². The van der Waals surface area contributed by atoms with Gasteiger partial charge in [-0.1, -0.05) is 23.2 Å². The zero-order chi connectivity index (χ0) is 18.3. The Morgan fingerprint density at radius 1 is 1.00 bits per heavy atom. The highest BCUT2D eigenvalue weighted by atomic mass is 35.5. The van der Waals surface area contributed by atoms with E-state index in [0.717, 1.165) is 4.90 Å². The molecule has 0 spiro atoms. The van der Waals surface area contributed by atoms with Crippen LogP contribution in [0.3, 0.4) is 0 Å². The summed E-state index contributed by atoms with van der Waals surface area (Å²) in [6, 6.07) is 8.76. The van der Waals surface area contributed by atoms with Crippen LogP contribution in [-0.2, 0) is 4.74 Å². The molecule has 2 aromatic rings. The Balaban J connectivity index is 2.02. The van der Waals surface area contributed by atoms with E-state index in [4.69, 9.17) is 27.9 Å². The van der Waals surface area contributed by atoms with E-state index in [1.165, 1.54) is 30.3 Å². The Morgan fingerprint density at radius 2 is 1.68 bits per heavy atom. The van der Waals surface area contributed by atoms with Gasteiger partial charge in [0, 0.05) is 5.02 Å². The fourth-order valence-electron chi connectivity index (χ4n) is 2.53. The molecule has 0 atom stereocenters. The molecule has 7 heteroatoms. The number of esters is 1. The number of amides is 2. The molecule has 0 aliphatic carbocycles. The van der Waals surface area contributed by atoms with Gasteiger partial charge in [-0.05, 0) is 50.2 Å². The topological polar surface area (TPSA) is 63.7 Å². The van der Waals surface area contributed by atoms with E-state index in [0.29, 0.717) is 5.02 Å². The molecular weight excluding hydrogens is 365 g/mol. The summed E-state index contributed by atoms with van der Waals surface area (Å²) in [7, 11) is 0. The Bertz CT molecular complexity index is 908. The highest BCUT2D eigenvalue weighted by Gasteiger charge is 2.38. The minimum Gasteiger partial charge on any atom is -0.459 e. The van der Waals surface area contributed by atoms with Crippen LogP contribution in [0.2, 0.25) is 10.0 Å². The summed E-state index contributed by atoms with van der Waals surface area (Å²) < 4.78 is 5.12. The first kappa shape index (κ1) is 17.5. The van der Waals surface area contributed by atoms with Gasteiger partial charge in [0.1, 0.15) is 0 Å². The molecular formula is C18H13Cl2NO4. The number of benzene rings is 2. The van der Waals surface area contributed by atoms with Crippen molar-refractivity contribution in [1.82, 2.24) is 0 Å². The van der Waals surface area contributed by atoms with E-state index in [1.54, 1.807) is 19.9 Å². The minimum atomic E-state index is -0.566. The summed E-state index contributed by atoms with van der Waals surface area (Å²) in [5.74, 6) is -1.64. The maximum absolute atomic E-state index is 12.7. The number of ether oxygens (including phenoxy) is 1. The van der Waals surface area contributed by atoms with Gasteiger partial charge in [-0.3, -0.25) is 9.59 Å². The van der Waals surface area contributed by atoms with E-state index in [2.05, 4.69) is 0 Å². The molecule has 5 nitrogen and oxygen atoms in total. The lowest BCUT2D eigenvalue weighted by atomic mass is 10.1. The van der Waals surface area contributed by atoms with Gasteiger partial charge in [0.15, 0.2) is 0 Å². The molecule has 1 aliphatic heterocycles. The lowest BCUT2D eigenvalue weighted by Crippen LogP contribution is -2.29. The molecule has 2 aromatic carbocycles. The second-order valence-electron chi connectivity index (χ2n) is 5.76. The van der Waals surface area contributed by atoms with Crippen molar-refractivity contribution >= 4 is 46.7 Å². The van der Waals surface area contributed by atoms with Crippen molar-refractivity contribution in [2.24, 2.45) is 0 Å². The molecule has 128 valence electrons. The second kappa shape index (κ2) is 6.50. The van der Waals surface area contributed by atoms with E-state index in [1.807, 2.05) is 0 Å². The number of rotatable bonds is 3. The number of fused-ring (bicyclic) bond motifs is 1. The third-order valence-corrected chi connectivity index (χ3v) is 4.17. The van der Waals surface area contributed by atoms with Gasteiger partial charge >= 0.3 is 5.97 Å². The van der Waals surface area contributed by atoms with Crippen LogP contribution >= 0.6 is 23.2 Å². The molecule has 0 fully saturated rings. The smallest absolute Gasteiger partial charge is 0.338 e. The SMILES string of the molecule is CC(C)OC(=O)c1ccc2c(c1)C(=O)N(c1cc(Cl)ccc1Cl)C2=O. The van der Waals surface area contributed by atoms with E-state index in [9.17, 15) is 14.4 Å². The van der Waals surface area contributed by atoms with Crippen molar-refractivity contribution in [3.05, 3.63) is 63.1 Å². The van der Waals surface area contributed by atoms with Gasteiger partial charge in [0.2, 0.25) is 0 Å². The van der Waals surface area contributed by atoms with Gasteiger partial charge in [0.25, 0.3) is 11.8 Å². The number of hydrogen-bond acceptors (Lipinski definition) is 4. The maximum Gasteiger partial charge on any atom is 0.338 e. The molecule has 1 heterocycles. The van der Waals surface area contributed by atoms with Crippen LogP contribution in [0.4, 0.5) is 5.69 Å². The predicted molar refractivity (Wildman–Crippen MR) is 94.6 cm³/mol. The summed E-state index contributed by atoms with van der Waals surface area (Å²) in [5.41, 5.74) is 0.723. The highest BCUT2D eigenvalue weighted by Crippen LogP contribution is 2.35. The fourth-order valence-corrected chi connectivity index (χ4v) is 2.89. The second-order valence-corrected chi connectivity index (χ2v) is 6.60. The van der Waals surface area contributed by atoms with Gasteiger partial charge in [0.05, 0.1) is 33.5 Å². The molecule has 0 radical (unpaired) electrons. The molecule has 0 aromatic heterocycles. The first-order valence-electron chi connectivity index (χ1n) is 7.48. The van der Waals surface area contributed by atoms with Crippen molar-refractivity contribution in [3.63, 3.8) is 0 Å². The number of hydrogen-bond donors (Lipinski definition) is 0. The monoisotopic (exact) mass is 377 g/mol. The zero-order valence-corrected chi connectivity index (χ0v) is 14.9. The summed E-state index contributed by atoms with van der Waals surface area (Å²) in [6.07, 6.45) is -0.292. The van der Waals surface area contributed by atoms with Crippen LogP contribution in [0, 0.1) is 0 Å². The van der Waals surface area contributed by atoms with Crippen molar-refractivity contribution in [3.8, 4) is 0 Å². The molecule has 0 saturated carbocycles. The largest absolute Gasteiger partial charge is 0.459 e. The van der Waals surface area contributed by atoms with Crippen molar-refractivity contribution in [2.45, 2.75) is 20.0 Å². The van der Waals surface area contributed by atoms with Gasteiger partial charge in [-0.2, -0.15) is 0 Å². The Morgan fingerprint density at radius 3 is 2.36 bits per heavy atom. The van der Waals surface area contributed by atoms with Crippen LogP contribution in [0.5, 0.6) is 0 Å². The highest BCUT2D eigenvalue weighted by molar-refractivity contribution is 6.41. The van der Waals surface area contributed by atoms with E-state index in [-0.39, 0.29) is 33.5 Å². The van der Waals surface area contributed by atoms with E-state index >= 15 is 0 Å². The van der Waals surface area contributed by atoms with Gasteiger partial charge in [-0.25, -0.2) is 9.69 Å². The third kappa shape index (κ3) is 3.13. The molecule has 0 N–H and O–H groups in total. The quantitative estimate of drug-likeness (QED) is 0.588. The number of anilines is 1. The molecule has 1 aliphatic rings. The predicted octanol–water partition coefficient (Wildman–Crippen LogP) is 4.36. The normalized spacial score (nSPS) is 13.4. The molecule has 0 saturated heterocycles. The number of nitrogens with zero attached hydrogens (tertiary/aromatic N) is 1. The van der Waals surface area contributed by atoms with Crippen molar-refractivity contribution in [2.75, 3.05) is 4.90 Å². The lowest BCUT2D eigenvalue weighted by Gasteiger charge is -2.15. The van der Waals surface area contributed by atoms with Crippen LogP contribution in [0.25, 0.3) is 0 Å². The molecule has 25 heavy (non-hydrogen) atoms. The van der Waals surface area contributed by atoms with Crippen LogP contribution < -0.4 is 4.90 Å². The molecule has 0 bridgehead atoms. The number of carbonyl (C=O) groups is 3. The standard InChI is InChI=1S/C18H13Cl2NO4/c1-9(2)25-18(24)10-3-5-12-13(7-10)17(23)21(16(12)22)15-8-11(19)4-6-14(15)20/h3-9H,1-2H3. The van der Waals surface area contributed by atoms with Crippen LogP contribution in [-0.4, -0.2) is 23.9 Å². The Labute approximate surface area is 154 Å². The van der Waals surface area contributed by atoms with Crippen molar-refractivity contribution < 1.29 is 19.1 Å². The third-order valence-electron chi connectivity index (χ3n) is 3.61. The lowest BCUT2D eigenvalue weighted by molar-refractivity contribution is 0.0377. The summed E-state index contributed by atoms with van der Waals surface area (Å²) in [5, 5.41) is 0.565. The minimum absolute atomic E-state index is 0.124. The number of halogens is 2. The first-order chi connectivity index (χ1) is 11.8. The average molecular weight is 378 g/mol. The zero-order valence-electron chi connectivity index (χ0n) is 13.4. The first-order valence-corrected chi connectivity index (χ1v) is 8.24. The Hall–Kier alpha value is -2.37. The summed E-state index contributed by atoms with van der Waals surface area (Å²) in [6.45, 7) is 3.45. The molecule has 2 amide bonds. The maximum atomic E-state index is 12.7. The van der Waals surface area contributed by atoms with Gasteiger partial charge in [-0.15, -0.1) is 0 Å². The number of imide groups is 1. The van der Waals surface area contributed by atoms with Crippen LogP contribution in [0.15, 0.2) is 36.4 Å². The summed E-state index contributed by atoms with van der Waals surface area (Å²) >= 11 is 12.1. The molecule has 3 rings (SSSR count). The number of carbonyl (C=O) groups excluding carboxylic acids is 3. The molecule has 0 unspecified atom stereocenters. The van der Waals surface area contributed by atoms with E-state index < -0.39 is 17.8 Å². The fraction of sp³-hybridized carbons (Fsp3) is 0.167. The average Bonchev–Trinajstić information content (AvgIpc) is 2.80. The van der Waals surface area contributed by atoms with Crippen molar-refractivity contribution in [1.29, 1.82) is 0 Å². The van der Waals surface area contributed by atoms with Crippen LogP contribution in [0.1, 0.15) is 44.9 Å². The Kier molecular flexibility index (Phi) is 4.54. The summed E-state index contributed by atoms with van der Waals surface area (Å²) in [4.78, 5) is 38.3.